The predicted octanol–water partition coefficient (Wildman–Crippen LogP) is 4.13. The summed E-state index contributed by atoms with van der Waals surface area (Å²) < 4.78 is 0. The second-order valence-corrected chi connectivity index (χ2v) is 9.64. The molecular weight excluding hydrogens is 272 g/mol. The first kappa shape index (κ1) is 14.9. The van der Waals surface area contributed by atoms with Crippen LogP contribution >= 0.6 is 0 Å². The summed E-state index contributed by atoms with van der Waals surface area (Å²) in [6.45, 7) is 7.33. The molecule has 3 fully saturated rings. The number of aliphatic hydroxyl groups is 1. The van der Waals surface area contributed by atoms with E-state index < -0.39 is 0 Å². The van der Waals surface area contributed by atoms with Gasteiger partial charge in [-0.2, -0.15) is 0 Å². The summed E-state index contributed by atoms with van der Waals surface area (Å²) in [6.07, 6.45) is 12.2. The number of hydrogen-bond acceptors (Lipinski definition) is 2. The van der Waals surface area contributed by atoms with Gasteiger partial charge in [0.25, 0.3) is 0 Å². The molecule has 0 heterocycles. The van der Waals surface area contributed by atoms with Crippen molar-refractivity contribution >= 4 is 5.78 Å². The SMILES string of the molecule is CC1(C)CCC(=O)[C@@]2(C)[C@@H]3CC[C@]4(CO)C=C[C@@]3(CC[C@@H]12)C4. The summed E-state index contributed by atoms with van der Waals surface area (Å²) in [5.74, 6) is 1.55. The zero-order chi connectivity index (χ0) is 15.8. The zero-order valence-corrected chi connectivity index (χ0v) is 14.3. The van der Waals surface area contributed by atoms with Gasteiger partial charge >= 0.3 is 0 Å². The summed E-state index contributed by atoms with van der Waals surface area (Å²) in [5, 5.41) is 9.87. The number of rotatable bonds is 1. The molecule has 0 aromatic rings. The van der Waals surface area contributed by atoms with Crippen molar-refractivity contribution < 1.29 is 9.90 Å². The Hall–Kier alpha value is -0.630. The normalized spacial score (nSPS) is 52.3. The van der Waals surface area contributed by atoms with E-state index in [1.54, 1.807) is 0 Å². The fourth-order valence-electron chi connectivity index (χ4n) is 7.10. The lowest BCUT2D eigenvalue weighted by molar-refractivity contribution is -0.170. The lowest BCUT2D eigenvalue weighted by atomic mass is 9.40. The van der Waals surface area contributed by atoms with Crippen LogP contribution in [0.15, 0.2) is 12.2 Å². The molecule has 1 spiro atoms. The third kappa shape index (κ3) is 1.63. The van der Waals surface area contributed by atoms with Gasteiger partial charge in [-0.1, -0.05) is 32.9 Å². The Balaban J connectivity index is 1.78. The van der Waals surface area contributed by atoms with Crippen LogP contribution in [-0.2, 0) is 4.79 Å². The number of carbonyl (C=O) groups excluding carboxylic acids is 1. The molecule has 3 saturated carbocycles. The van der Waals surface area contributed by atoms with Crippen molar-refractivity contribution in [1.82, 2.24) is 0 Å². The fraction of sp³-hybridized carbons (Fsp3) is 0.850. The lowest BCUT2D eigenvalue weighted by Crippen LogP contribution is -2.60. The summed E-state index contributed by atoms with van der Waals surface area (Å²) in [5.41, 5.74) is 0.358. The van der Waals surface area contributed by atoms with Gasteiger partial charge in [0.15, 0.2) is 0 Å². The Morgan fingerprint density at radius 1 is 1.09 bits per heavy atom. The molecule has 0 aromatic carbocycles. The molecule has 5 atom stereocenters. The standard InChI is InChI=1S/C20H30O2/c1-17(2)7-6-16(22)18(3)14(17)5-9-20-11-10-19(12-20,13-21)8-4-15(18)20/h10-11,14-15,21H,4-9,12-13H2,1-3H3/t14-,15-,18+,19-,20-/m0/s1. The van der Waals surface area contributed by atoms with E-state index in [1.807, 2.05) is 0 Å². The molecule has 2 bridgehead atoms. The largest absolute Gasteiger partial charge is 0.395 e. The minimum absolute atomic E-state index is 0.0208. The highest BCUT2D eigenvalue weighted by atomic mass is 16.3. The van der Waals surface area contributed by atoms with Gasteiger partial charge in [0, 0.05) is 17.3 Å². The molecule has 22 heavy (non-hydrogen) atoms. The number of hydrogen-bond donors (Lipinski definition) is 1. The van der Waals surface area contributed by atoms with Gasteiger partial charge in [0.2, 0.25) is 0 Å². The van der Waals surface area contributed by atoms with Gasteiger partial charge < -0.3 is 5.11 Å². The molecular formula is C20H30O2. The van der Waals surface area contributed by atoms with Crippen molar-refractivity contribution in [2.45, 2.75) is 65.7 Å². The Morgan fingerprint density at radius 2 is 1.82 bits per heavy atom. The monoisotopic (exact) mass is 302 g/mol. The highest BCUT2D eigenvalue weighted by Gasteiger charge is 2.66. The maximum absolute atomic E-state index is 13.0. The van der Waals surface area contributed by atoms with Crippen LogP contribution in [0.1, 0.15) is 65.7 Å². The average Bonchev–Trinajstić information content (AvgIpc) is 2.76. The second-order valence-electron chi connectivity index (χ2n) is 9.64. The van der Waals surface area contributed by atoms with Crippen molar-refractivity contribution in [1.29, 1.82) is 0 Å². The van der Waals surface area contributed by atoms with Gasteiger partial charge in [-0.25, -0.2) is 0 Å². The summed E-state index contributed by atoms with van der Waals surface area (Å²) in [6, 6.07) is 0. The Bertz CT molecular complexity index is 548. The molecule has 0 unspecified atom stereocenters. The predicted molar refractivity (Wildman–Crippen MR) is 87.3 cm³/mol. The number of fused-ring (bicyclic) bond motifs is 3. The first-order valence-electron chi connectivity index (χ1n) is 9.13. The first-order chi connectivity index (χ1) is 10.3. The number of ketones is 1. The summed E-state index contributed by atoms with van der Waals surface area (Å²) in [4.78, 5) is 13.0. The van der Waals surface area contributed by atoms with Crippen molar-refractivity contribution in [2.24, 2.45) is 33.5 Å². The van der Waals surface area contributed by atoms with Crippen LogP contribution in [0, 0.1) is 33.5 Å². The van der Waals surface area contributed by atoms with E-state index >= 15 is 0 Å². The molecule has 2 nitrogen and oxygen atoms in total. The number of aliphatic hydroxyl groups excluding tert-OH is 1. The van der Waals surface area contributed by atoms with Crippen LogP contribution < -0.4 is 0 Å². The van der Waals surface area contributed by atoms with Gasteiger partial charge in [0.1, 0.15) is 5.78 Å². The highest BCUT2D eigenvalue weighted by molar-refractivity contribution is 5.86. The first-order valence-corrected chi connectivity index (χ1v) is 9.13. The van der Waals surface area contributed by atoms with Crippen LogP contribution in [0.2, 0.25) is 0 Å². The van der Waals surface area contributed by atoms with Crippen molar-refractivity contribution in [3.05, 3.63) is 12.2 Å². The minimum atomic E-state index is -0.143. The molecule has 0 aromatic heterocycles. The zero-order valence-electron chi connectivity index (χ0n) is 14.3. The molecule has 122 valence electrons. The van der Waals surface area contributed by atoms with Gasteiger partial charge in [-0.3, -0.25) is 4.79 Å². The molecule has 4 aliphatic carbocycles. The Labute approximate surface area is 134 Å². The number of carbonyl (C=O) groups is 1. The van der Waals surface area contributed by atoms with Gasteiger partial charge in [0.05, 0.1) is 6.61 Å². The van der Waals surface area contributed by atoms with E-state index in [0.29, 0.717) is 17.6 Å². The van der Waals surface area contributed by atoms with E-state index in [2.05, 4.69) is 32.9 Å². The topological polar surface area (TPSA) is 37.3 Å². The third-order valence-electron chi connectivity index (χ3n) is 8.28. The van der Waals surface area contributed by atoms with Gasteiger partial charge in [-0.15, -0.1) is 0 Å². The molecule has 2 heteroatoms. The number of Topliss-reactive ketones (excluding diaryl/α,β-unsaturated/α-hetero) is 1. The molecule has 1 N–H and O–H groups in total. The van der Waals surface area contributed by atoms with E-state index in [4.69, 9.17) is 0 Å². The molecule has 4 rings (SSSR count). The Kier molecular flexibility index (Phi) is 2.89. The Morgan fingerprint density at radius 3 is 2.55 bits per heavy atom. The quantitative estimate of drug-likeness (QED) is 0.740. The van der Waals surface area contributed by atoms with E-state index in [0.717, 1.165) is 32.1 Å². The maximum atomic E-state index is 13.0. The lowest BCUT2D eigenvalue weighted by Gasteiger charge is -2.63. The van der Waals surface area contributed by atoms with Crippen molar-refractivity contribution in [3.63, 3.8) is 0 Å². The van der Waals surface area contributed by atoms with E-state index in [-0.39, 0.29) is 28.3 Å². The molecule has 0 amide bonds. The van der Waals surface area contributed by atoms with E-state index in [9.17, 15) is 9.90 Å². The van der Waals surface area contributed by atoms with Crippen LogP contribution in [-0.4, -0.2) is 17.5 Å². The van der Waals surface area contributed by atoms with Crippen molar-refractivity contribution in [2.75, 3.05) is 6.61 Å². The third-order valence-corrected chi connectivity index (χ3v) is 8.28. The molecule has 0 aliphatic heterocycles. The second kappa shape index (κ2) is 4.26. The van der Waals surface area contributed by atoms with Crippen LogP contribution in [0.3, 0.4) is 0 Å². The van der Waals surface area contributed by atoms with Gasteiger partial charge in [-0.05, 0) is 61.2 Å². The van der Waals surface area contributed by atoms with Crippen LogP contribution in [0.4, 0.5) is 0 Å². The molecule has 4 aliphatic rings. The summed E-state index contributed by atoms with van der Waals surface area (Å²) >= 11 is 0. The fourth-order valence-corrected chi connectivity index (χ4v) is 7.10. The van der Waals surface area contributed by atoms with Crippen LogP contribution in [0.25, 0.3) is 0 Å². The summed E-state index contributed by atoms with van der Waals surface area (Å²) in [7, 11) is 0. The van der Waals surface area contributed by atoms with Crippen molar-refractivity contribution in [3.8, 4) is 0 Å². The molecule has 0 radical (unpaired) electrons. The smallest absolute Gasteiger partial charge is 0.139 e. The average molecular weight is 302 g/mol. The minimum Gasteiger partial charge on any atom is -0.395 e. The highest BCUT2D eigenvalue weighted by Crippen LogP contribution is 2.70. The van der Waals surface area contributed by atoms with Crippen LogP contribution in [0.5, 0.6) is 0 Å². The number of allylic oxidation sites excluding steroid dienone is 1. The van der Waals surface area contributed by atoms with E-state index in [1.165, 1.54) is 12.8 Å². The maximum Gasteiger partial charge on any atom is 0.139 e. The molecule has 0 saturated heterocycles.